The molecule has 0 radical (unpaired) electrons. The summed E-state index contributed by atoms with van der Waals surface area (Å²) < 4.78 is 8.86. The smallest absolute Gasteiger partial charge is 0.0809 e. The van der Waals surface area contributed by atoms with Crippen molar-refractivity contribution in [3.8, 4) is 0 Å². The Bertz CT molecular complexity index is 390. The monoisotopic (exact) mass is 315 g/mol. The fourth-order valence-electron chi connectivity index (χ4n) is 2.55. The topological polar surface area (TPSA) is 39.1 Å². The molecule has 0 saturated heterocycles. The number of nitrogens with zero attached hydrogens (tertiary/aromatic N) is 2. The minimum atomic E-state index is 0.212. The lowest BCUT2D eigenvalue weighted by atomic mass is 10.0. The van der Waals surface area contributed by atoms with Gasteiger partial charge in [0.25, 0.3) is 0 Å². The van der Waals surface area contributed by atoms with Gasteiger partial charge >= 0.3 is 0 Å². The number of aryl methyl sites for hydroxylation is 1. The highest BCUT2D eigenvalue weighted by Gasteiger charge is 2.39. The van der Waals surface area contributed by atoms with E-state index < -0.39 is 0 Å². The molecule has 5 heteroatoms. The molecule has 1 aromatic heterocycles. The van der Waals surface area contributed by atoms with Gasteiger partial charge in [-0.05, 0) is 48.2 Å². The van der Waals surface area contributed by atoms with Crippen molar-refractivity contribution in [3.63, 3.8) is 0 Å². The van der Waals surface area contributed by atoms with Crippen molar-refractivity contribution in [2.75, 3.05) is 13.7 Å². The number of hydrogen-bond acceptors (Lipinski definition) is 3. The minimum absolute atomic E-state index is 0.212. The summed E-state index contributed by atoms with van der Waals surface area (Å²) in [7, 11) is 1.81. The molecule has 18 heavy (non-hydrogen) atoms. The van der Waals surface area contributed by atoms with Gasteiger partial charge in [-0.1, -0.05) is 6.92 Å². The molecule has 4 nitrogen and oxygen atoms in total. The highest BCUT2D eigenvalue weighted by Crippen LogP contribution is 2.41. The molecule has 1 aliphatic carbocycles. The second-order valence-corrected chi connectivity index (χ2v) is 5.62. The summed E-state index contributed by atoms with van der Waals surface area (Å²) in [5.41, 5.74) is 1.21. The first-order chi connectivity index (χ1) is 8.72. The van der Waals surface area contributed by atoms with E-state index in [1.165, 1.54) is 18.5 Å². The zero-order chi connectivity index (χ0) is 13.1. The molecule has 1 saturated carbocycles. The zero-order valence-electron chi connectivity index (χ0n) is 11.3. The lowest BCUT2D eigenvalue weighted by Gasteiger charge is -2.27. The van der Waals surface area contributed by atoms with Gasteiger partial charge in [0, 0.05) is 13.7 Å². The third-order valence-electron chi connectivity index (χ3n) is 3.54. The van der Waals surface area contributed by atoms with Crippen LogP contribution < -0.4 is 5.32 Å². The Hall–Kier alpha value is -0.390. The Morgan fingerprint density at radius 2 is 2.28 bits per heavy atom. The molecule has 102 valence electrons. The van der Waals surface area contributed by atoms with Gasteiger partial charge in [0.05, 0.1) is 28.5 Å². The zero-order valence-corrected chi connectivity index (χ0v) is 12.9. The van der Waals surface area contributed by atoms with Crippen LogP contribution in [0.3, 0.4) is 0 Å². The molecular formula is C13H22BrN3O. The predicted molar refractivity (Wildman–Crippen MR) is 75.5 cm³/mol. The van der Waals surface area contributed by atoms with Gasteiger partial charge in [0.2, 0.25) is 0 Å². The summed E-state index contributed by atoms with van der Waals surface area (Å²) in [6.45, 7) is 6.06. The van der Waals surface area contributed by atoms with Crippen LogP contribution in [0, 0.1) is 5.92 Å². The number of rotatable bonds is 7. The molecule has 0 bridgehead atoms. The van der Waals surface area contributed by atoms with Crippen LogP contribution in [-0.2, 0) is 11.3 Å². The van der Waals surface area contributed by atoms with Gasteiger partial charge < -0.3 is 10.1 Å². The highest BCUT2D eigenvalue weighted by molar-refractivity contribution is 9.10. The van der Waals surface area contributed by atoms with Crippen LogP contribution >= 0.6 is 15.9 Å². The van der Waals surface area contributed by atoms with Crippen molar-refractivity contribution >= 4 is 15.9 Å². The number of ether oxygens (including phenoxy) is 1. The molecule has 1 aromatic rings. The van der Waals surface area contributed by atoms with Crippen molar-refractivity contribution in [2.45, 2.75) is 45.4 Å². The van der Waals surface area contributed by atoms with E-state index >= 15 is 0 Å². The Labute approximate surface area is 117 Å². The quantitative estimate of drug-likeness (QED) is 0.841. The molecular weight excluding hydrogens is 294 g/mol. The maximum Gasteiger partial charge on any atom is 0.0809 e. The van der Waals surface area contributed by atoms with E-state index in [4.69, 9.17) is 4.74 Å². The van der Waals surface area contributed by atoms with Gasteiger partial charge in [-0.3, -0.25) is 4.68 Å². The predicted octanol–water partition coefficient (Wildman–Crippen LogP) is 2.74. The van der Waals surface area contributed by atoms with Gasteiger partial charge in [-0.25, -0.2) is 0 Å². The summed E-state index contributed by atoms with van der Waals surface area (Å²) in [6, 6.07) is 0.212. The van der Waals surface area contributed by atoms with E-state index in [1.807, 2.05) is 18.0 Å². The number of nitrogens with one attached hydrogen (secondary N) is 1. The third-order valence-corrected chi connectivity index (χ3v) is 4.15. The van der Waals surface area contributed by atoms with Crippen molar-refractivity contribution in [2.24, 2.45) is 5.92 Å². The summed E-state index contributed by atoms with van der Waals surface area (Å²) in [5.74, 6) is 0.686. The van der Waals surface area contributed by atoms with E-state index in [2.05, 4.69) is 40.2 Å². The van der Waals surface area contributed by atoms with E-state index in [-0.39, 0.29) is 12.1 Å². The van der Waals surface area contributed by atoms with Crippen LogP contribution in [0.4, 0.5) is 0 Å². The van der Waals surface area contributed by atoms with E-state index in [0.717, 1.165) is 17.6 Å². The summed E-state index contributed by atoms with van der Waals surface area (Å²) in [6.07, 6.45) is 4.67. The van der Waals surface area contributed by atoms with Crippen LogP contribution in [0.15, 0.2) is 10.7 Å². The molecule has 2 unspecified atom stereocenters. The van der Waals surface area contributed by atoms with Crippen LogP contribution in [0.1, 0.15) is 38.4 Å². The molecule has 0 aliphatic heterocycles. The molecule has 1 N–H and O–H groups in total. The number of methoxy groups -OCH3 is 1. The average Bonchev–Trinajstić information content (AvgIpc) is 3.13. The average molecular weight is 316 g/mol. The number of likely N-dealkylation sites (N-methyl/N-ethyl adjacent to an activating group) is 1. The van der Waals surface area contributed by atoms with Crippen LogP contribution in [0.2, 0.25) is 0 Å². The van der Waals surface area contributed by atoms with Crippen LogP contribution in [0.5, 0.6) is 0 Å². The fourth-order valence-corrected chi connectivity index (χ4v) is 3.09. The molecule has 0 amide bonds. The summed E-state index contributed by atoms with van der Waals surface area (Å²) >= 11 is 3.62. The SMILES string of the molecule is CCNC(c1c(Br)cnn1CC)C(OC)C1CC1. The number of aromatic nitrogens is 2. The first-order valence-corrected chi connectivity index (χ1v) is 7.49. The van der Waals surface area contributed by atoms with Crippen molar-refractivity contribution < 1.29 is 4.74 Å². The Balaban J connectivity index is 2.29. The lowest BCUT2D eigenvalue weighted by molar-refractivity contribution is 0.0482. The largest absolute Gasteiger partial charge is 0.379 e. The molecule has 2 rings (SSSR count). The summed E-state index contributed by atoms with van der Waals surface area (Å²) in [4.78, 5) is 0. The van der Waals surface area contributed by atoms with Gasteiger partial charge in [-0.15, -0.1) is 0 Å². The maximum absolute atomic E-state index is 5.74. The number of hydrogen-bond donors (Lipinski definition) is 1. The fraction of sp³-hybridized carbons (Fsp3) is 0.769. The van der Waals surface area contributed by atoms with Gasteiger partial charge in [0.15, 0.2) is 0 Å². The highest BCUT2D eigenvalue weighted by atomic mass is 79.9. The van der Waals surface area contributed by atoms with E-state index in [0.29, 0.717) is 5.92 Å². The first-order valence-electron chi connectivity index (χ1n) is 6.70. The van der Waals surface area contributed by atoms with Crippen molar-refractivity contribution in [1.29, 1.82) is 0 Å². The molecule has 0 aromatic carbocycles. The molecule has 0 spiro atoms. The molecule has 1 fully saturated rings. The van der Waals surface area contributed by atoms with Gasteiger partial charge in [-0.2, -0.15) is 5.10 Å². The second-order valence-electron chi connectivity index (χ2n) is 4.77. The molecule has 2 atom stereocenters. The Kier molecular flexibility index (Phi) is 4.81. The third kappa shape index (κ3) is 2.78. The van der Waals surface area contributed by atoms with E-state index in [9.17, 15) is 0 Å². The minimum Gasteiger partial charge on any atom is -0.379 e. The second kappa shape index (κ2) is 6.17. The standard InChI is InChI=1S/C13H22BrN3O/c1-4-15-11(13(18-3)9-6-7-9)12-10(14)8-16-17(12)5-2/h8-9,11,13,15H,4-7H2,1-3H3. The molecule has 1 heterocycles. The Morgan fingerprint density at radius 3 is 2.78 bits per heavy atom. The maximum atomic E-state index is 5.74. The van der Waals surface area contributed by atoms with Crippen molar-refractivity contribution in [1.82, 2.24) is 15.1 Å². The van der Waals surface area contributed by atoms with Crippen LogP contribution in [-0.4, -0.2) is 29.5 Å². The van der Waals surface area contributed by atoms with Gasteiger partial charge in [0.1, 0.15) is 0 Å². The summed E-state index contributed by atoms with van der Waals surface area (Å²) in [5, 5.41) is 7.97. The molecule has 1 aliphatic rings. The van der Waals surface area contributed by atoms with Crippen LogP contribution in [0.25, 0.3) is 0 Å². The van der Waals surface area contributed by atoms with Crippen molar-refractivity contribution in [3.05, 3.63) is 16.4 Å². The number of halogens is 1. The Morgan fingerprint density at radius 1 is 1.56 bits per heavy atom. The lowest BCUT2D eigenvalue weighted by Crippen LogP contribution is -2.36. The van der Waals surface area contributed by atoms with E-state index in [1.54, 1.807) is 0 Å². The normalized spacial score (nSPS) is 18.9. The first kappa shape index (κ1) is 14.0.